The van der Waals surface area contributed by atoms with Crippen molar-refractivity contribution in [2.24, 2.45) is 10.7 Å². The van der Waals surface area contributed by atoms with Crippen LogP contribution >= 0.6 is 0 Å². The maximum absolute atomic E-state index is 12.2. The number of carbonyl (C=O) groups is 2. The highest BCUT2D eigenvalue weighted by Gasteiger charge is 2.26. The molecule has 5 nitrogen and oxygen atoms in total. The Morgan fingerprint density at radius 2 is 1.89 bits per heavy atom. The number of nitrogens with two attached hydrogens (primary N) is 1. The first-order valence-electron chi connectivity index (χ1n) is 6.90. The summed E-state index contributed by atoms with van der Waals surface area (Å²) in [6, 6.07) is 0. The van der Waals surface area contributed by atoms with Crippen LogP contribution in [0, 0.1) is 0 Å². The molecule has 1 aliphatic carbocycles. The van der Waals surface area contributed by atoms with Crippen LogP contribution in [-0.4, -0.2) is 41.9 Å². The van der Waals surface area contributed by atoms with Crippen molar-refractivity contribution in [3.63, 3.8) is 0 Å². The van der Waals surface area contributed by atoms with Crippen LogP contribution in [0.5, 0.6) is 0 Å². The third-order valence-corrected chi connectivity index (χ3v) is 3.63. The fourth-order valence-corrected chi connectivity index (χ4v) is 2.62. The van der Waals surface area contributed by atoms with Crippen molar-refractivity contribution in [3.8, 4) is 0 Å². The highest BCUT2D eigenvalue weighted by atomic mass is 16.2. The number of aliphatic imine (C=N–C) groups is 1. The fraction of sp³-hybridized carbons (Fsp3) is 0.643. The molecule has 0 atom stereocenters. The molecule has 0 aromatic rings. The van der Waals surface area contributed by atoms with Crippen LogP contribution in [-0.2, 0) is 9.59 Å². The molecule has 2 N–H and O–H groups in total. The maximum atomic E-state index is 12.2. The van der Waals surface area contributed by atoms with Gasteiger partial charge in [0.2, 0.25) is 0 Å². The molecule has 0 aromatic heterocycles. The Labute approximate surface area is 113 Å². The van der Waals surface area contributed by atoms with Gasteiger partial charge in [0.25, 0.3) is 5.91 Å². The Hall–Kier alpha value is -1.65. The lowest BCUT2D eigenvalue weighted by atomic mass is 10.1. The summed E-state index contributed by atoms with van der Waals surface area (Å²) in [5.74, 6) is -0.0342. The topological polar surface area (TPSA) is 75.8 Å². The smallest absolute Gasteiger partial charge is 0.270 e. The number of amides is 1. The van der Waals surface area contributed by atoms with E-state index in [4.69, 9.17) is 5.73 Å². The molecule has 1 saturated carbocycles. The van der Waals surface area contributed by atoms with Gasteiger partial charge < -0.3 is 10.6 Å². The van der Waals surface area contributed by atoms with Gasteiger partial charge in [-0.1, -0.05) is 0 Å². The Morgan fingerprint density at radius 1 is 1.21 bits per heavy atom. The van der Waals surface area contributed by atoms with Crippen LogP contribution in [0.1, 0.15) is 39.0 Å². The van der Waals surface area contributed by atoms with E-state index in [1.807, 2.05) is 4.90 Å². The van der Waals surface area contributed by atoms with Gasteiger partial charge in [0.15, 0.2) is 5.78 Å². The lowest BCUT2D eigenvalue weighted by Gasteiger charge is -2.16. The number of ketones is 1. The van der Waals surface area contributed by atoms with Gasteiger partial charge in [-0.15, -0.1) is 0 Å². The van der Waals surface area contributed by atoms with E-state index in [0.717, 1.165) is 56.5 Å². The number of hydrogen-bond donors (Lipinski definition) is 1. The van der Waals surface area contributed by atoms with Crippen LogP contribution in [0.4, 0.5) is 0 Å². The Morgan fingerprint density at radius 3 is 2.53 bits per heavy atom. The third kappa shape index (κ3) is 3.22. The van der Waals surface area contributed by atoms with Crippen molar-refractivity contribution in [3.05, 3.63) is 11.3 Å². The van der Waals surface area contributed by atoms with Gasteiger partial charge in [-0.05, 0) is 39.0 Å². The molecule has 1 heterocycles. The molecule has 0 spiro atoms. The number of likely N-dealkylation sites (tertiary alicyclic amines) is 1. The van der Waals surface area contributed by atoms with Crippen molar-refractivity contribution in [2.45, 2.75) is 39.0 Å². The van der Waals surface area contributed by atoms with Gasteiger partial charge in [0.05, 0.1) is 6.54 Å². The highest BCUT2D eigenvalue weighted by Crippen LogP contribution is 2.25. The molecule has 0 aromatic carbocycles. The molecule has 1 amide bonds. The number of nitrogens with zero attached hydrogens (tertiary/aromatic N) is 2. The summed E-state index contributed by atoms with van der Waals surface area (Å²) in [4.78, 5) is 29.3. The Kier molecular flexibility index (Phi) is 4.35. The first-order chi connectivity index (χ1) is 9.09. The molecular weight excluding hydrogens is 242 g/mol. The van der Waals surface area contributed by atoms with E-state index in [1.165, 1.54) is 6.92 Å². The molecule has 0 bridgehead atoms. The van der Waals surface area contributed by atoms with E-state index in [9.17, 15) is 9.59 Å². The first-order valence-corrected chi connectivity index (χ1v) is 6.90. The third-order valence-electron chi connectivity index (χ3n) is 3.63. The number of carbonyl (C=O) groups excluding carboxylic acids is 2. The average Bonchev–Trinajstić information content (AvgIpc) is 3.05. The molecule has 19 heavy (non-hydrogen) atoms. The summed E-state index contributed by atoms with van der Waals surface area (Å²) in [6.07, 6.45) is 4.68. The lowest BCUT2D eigenvalue weighted by Crippen LogP contribution is -2.33. The van der Waals surface area contributed by atoms with Crippen molar-refractivity contribution in [1.29, 1.82) is 0 Å². The summed E-state index contributed by atoms with van der Waals surface area (Å²) >= 11 is 0. The monoisotopic (exact) mass is 263 g/mol. The van der Waals surface area contributed by atoms with E-state index in [-0.39, 0.29) is 18.2 Å². The number of hydrogen-bond acceptors (Lipinski definition) is 4. The van der Waals surface area contributed by atoms with Gasteiger partial charge in [0, 0.05) is 24.4 Å². The van der Waals surface area contributed by atoms with Crippen LogP contribution in [0.15, 0.2) is 16.3 Å². The summed E-state index contributed by atoms with van der Waals surface area (Å²) < 4.78 is 0. The molecule has 2 fully saturated rings. The minimum absolute atomic E-state index is 0.0307. The molecule has 0 unspecified atom stereocenters. The number of allylic oxidation sites excluding steroid dienone is 1. The van der Waals surface area contributed by atoms with Gasteiger partial charge in [-0.25, -0.2) is 0 Å². The molecule has 0 radical (unpaired) electrons. The number of rotatable bonds is 3. The van der Waals surface area contributed by atoms with Crippen LogP contribution in [0.25, 0.3) is 0 Å². The largest absolute Gasteiger partial charge is 0.394 e. The van der Waals surface area contributed by atoms with Gasteiger partial charge >= 0.3 is 0 Å². The Bertz CT molecular complexity index is 446. The summed E-state index contributed by atoms with van der Waals surface area (Å²) in [7, 11) is 0. The summed E-state index contributed by atoms with van der Waals surface area (Å²) in [6.45, 7) is 3.30. The summed E-state index contributed by atoms with van der Waals surface area (Å²) in [5.41, 5.74) is 8.06. The van der Waals surface area contributed by atoms with Gasteiger partial charge in [-0.2, -0.15) is 0 Å². The van der Waals surface area contributed by atoms with E-state index < -0.39 is 0 Å². The van der Waals surface area contributed by atoms with Gasteiger partial charge in [-0.3, -0.25) is 14.6 Å². The van der Waals surface area contributed by atoms with Crippen molar-refractivity contribution in [1.82, 2.24) is 4.90 Å². The van der Waals surface area contributed by atoms with E-state index in [1.54, 1.807) is 0 Å². The summed E-state index contributed by atoms with van der Waals surface area (Å²) in [5, 5.41) is 0. The minimum Gasteiger partial charge on any atom is -0.394 e. The van der Waals surface area contributed by atoms with Crippen molar-refractivity contribution >= 4 is 17.4 Å². The standard InChI is InChI=1S/C14H21N3O2/c1-10(18)9-16-12-6-4-5-11(12)13(15)14(19)17-7-2-3-8-17/h2-9,15H2,1H3/b13-11-,16-12?. The maximum Gasteiger partial charge on any atom is 0.270 e. The zero-order valence-corrected chi connectivity index (χ0v) is 11.4. The minimum atomic E-state index is -0.0649. The quantitative estimate of drug-likeness (QED) is 0.773. The molecule has 1 saturated heterocycles. The second kappa shape index (κ2) is 5.99. The van der Waals surface area contributed by atoms with Crippen molar-refractivity contribution < 1.29 is 9.59 Å². The first kappa shape index (κ1) is 13.8. The van der Waals surface area contributed by atoms with E-state index in [2.05, 4.69) is 4.99 Å². The van der Waals surface area contributed by atoms with E-state index >= 15 is 0 Å². The molecule has 104 valence electrons. The predicted molar refractivity (Wildman–Crippen MR) is 73.9 cm³/mol. The second-order valence-corrected chi connectivity index (χ2v) is 5.21. The fourth-order valence-electron chi connectivity index (χ4n) is 2.62. The zero-order chi connectivity index (χ0) is 13.8. The highest BCUT2D eigenvalue weighted by molar-refractivity contribution is 6.09. The zero-order valence-electron chi connectivity index (χ0n) is 11.4. The molecule has 2 aliphatic rings. The second-order valence-electron chi connectivity index (χ2n) is 5.21. The molecule has 1 aliphatic heterocycles. The van der Waals surface area contributed by atoms with E-state index in [0.29, 0.717) is 5.70 Å². The predicted octanol–water partition coefficient (Wildman–Crippen LogP) is 1.04. The van der Waals surface area contributed by atoms with Crippen LogP contribution in [0.3, 0.4) is 0 Å². The normalized spacial score (nSPS) is 24.1. The molecule has 2 rings (SSSR count). The molecular formula is C14H21N3O2. The van der Waals surface area contributed by atoms with Crippen LogP contribution in [0.2, 0.25) is 0 Å². The molecule has 5 heteroatoms. The lowest BCUT2D eigenvalue weighted by molar-refractivity contribution is -0.126. The van der Waals surface area contributed by atoms with Gasteiger partial charge in [0.1, 0.15) is 5.70 Å². The van der Waals surface area contributed by atoms with Crippen LogP contribution < -0.4 is 5.73 Å². The average molecular weight is 263 g/mol. The number of Topliss-reactive ketones (excluding diaryl/α,β-unsaturated/α-hetero) is 1. The SMILES string of the molecule is CC(=O)CN=C1CCC/C1=C(/N)C(=O)N1CCCC1. The van der Waals surface area contributed by atoms with Crippen molar-refractivity contribution in [2.75, 3.05) is 19.6 Å². The Balaban J connectivity index is 2.16.